The van der Waals surface area contributed by atoms with Crippen molar-refractivity contribution in [1.29, 1.82) is 0 Å². The van der Waals surface area contributed by atoms with Crippen LogP contribution in [0.5, 0.6) is 0 Å². The monoisotopic (exact) mass is 425 g/mol. The molecule has 0 unspecified atom stereocenters. The first-order valence-electron chi connectivity index (χ1n) is 9.85. The van der Waals surface area contributed by atoms with Gasteiger partial charge in [-0.05, 0) is 50.2 Å². The van der Waals surface area contributed by atoms with Crippen molar-refractivity contribution in [2.45, 2.75) is 32.4 Å². The number of hydrogen-bond donors (Lipinski definition) is 2. The summed E-state index contributed by atoms with van der Waals surface area (Å²) in [7, 11) is 0. The van der Waals surface area contributed by atoms with Gasteiger partial charge in [0.1, 0.15) is 6.54 Å². The highest BCUT2D eigenvalue weighted by Gasteiger charge is 2.26. The van der Waals surface area contributed by atoms with Crippen molar-refractivity contribution in [3.63, 3.8) is 0 Å². The number of aryl methyl sites for hydroxylation is 1. The summed E-state index contributed by atoms with van der Waals surface area (Å²) in [6.07, 6.45) is 2.88. The predicted octanol–water partition coefficient (Wildman–Crippen LogP) is 2.93. The minimum absolute atomic E-state index is 0.0154. The summed E-state index contributed by atoms with van der Waals surface area (Å²) < 4.78 is 7.29. The molecule has 0 spiro atoms. The molecule has 4 rings (SSSR count). The zero-order chi connectivity index (χ0) is 21.1. The zero-order valence-corrected chi connectivity index (χ0v) is 17.4. The van der Waals surface area contributed by atoms with Crippen molar-refractivity contribution >= 4 is 24.0 Å². The summed E-state index contributed by atoms with van der Waals surface area (Å²) in [6.45, 7) is 3.24. The van der Waals surface area contributed by atoms with Crippen molar-refractivity contribution in [2.24, 2.45) is 0 Å². The molecular weight excluding hydrogens is 402 g/mol. The number of aromatic nitrogens is 3. The Hall–Kier alpha value is -3.20. The Morgan fingerprint density at radius 3 is 2.77 bits per heavy atom. The molecule has 0 saturated carbocycles. The molecule has 1 fully saturated rings. The van der Waals surface area contributed by atoms with Gasteiger partial charge in [0.15, 0.2) is 16.4 Å². The van der Waals surface area contributed by atoms with Crippen LogP contribution < -0.4 is 5.32 Å². The average molecular weight is 426 g/mol. The van der Waals surface area contributed by atoms with Gasteiger partial charge in [0.25, 0.3) is 5.91 Å². The highest BCUT2D eigenvalue weighted by atomic mass is 32.1. The lowest BCUT2D eigenvalue weighted by Crippen LogP contribution is -2.47. The number of carbonyl (C=O) groups excluding carboxylic acids is 2. The van der Waals surface area contributed by atoms with E-state index < -0.39 is 0 Å². The number of benzene rings is 1. The molecule has 2 aromatic heterocycles. The lowest BCUT2D eigenvalue weighted by molar-refractivity contribution is -0.122. The third-order valence-corrected chi connectivity index (χ3v) is 5.53. The molecule has 0 radical (unpaired) electrons. The Labute approximate surface area is 178 Å². The van der Waals surface area contributed by atoms with Crippen molar-refractivity contribution in [3.05, 3.63) is 58.8 Å². The minimum atomic E-state index is -0.128. The molecule has 1 saturated heterocycles. The van der Waals surface area contributed by atoms with E-state index >= 15 is 0 Å². The normalized spacial score (nSPS) is 14.6. The molecule has 2 N–H and O–H groups in total. The average Bonchev–Trinajstić information content (AvgIpc) is 3.39. The number of nitrogens with one attached hydrogen (secondary N) is 2. The van der Waals surface area contributed by atoms with Crippen molar-refractivity contribution in [3.8, 4) is 11.4 Å². The number of hydrogen-bond acceptors (Lipinski definition) is 5. The predicted molar refractivity (Wildman–Crippen MR) is 113 cm³/mol. The van der Waals surface area contributed by atoms with Crippen LogP contribution in [0.25, 0.3) is 11.4 Å². The molecule has 30 heavy (non-hydrogen) atoms. The fourth-order valence-electron chi connectivity index (χ4n) is 3.67. The molecule has 1 aliphatic rings. The van der Waals surface area contributed by atoms with E-state index in [-0.39, 0.29) is 24.4 Å². The summed E-state index contributed by atoms with van der Waals surface area (Å²) in [5, 5.41) is 10.1. The highest BCUT2D eigenvalue weighted by molar-refractivity contribution is 7.71. The number of rotatable bonds is 5. The molecule has 0 bridgehead atoms. The molecule has 9 heteroatoms. The molecule has 8 nitrogen and oxygen atoms in total. The number of amides is 2. The van der Waals surface area contributed by atoms with Crippen molar-refractivity contribution < 1.29 is 14.0 Å². The van der Waals surface area contributed by atoms with Crippen LogP contribution in [-0.2, 0) is 11.3 Å². The number of furan rings is 1. The number of H-pyrrole nitrogens is 1. The van der Waals surface area contributed by atoms with Crippen LogP contribution in [0.4, 0.5) is 0 Å². The molecule has 156 valence electrons. The van der Waals surface area contributed by atoms with Crippen LogP contribution in [0.1, 0.15) is 29.0 Å². The second-order valence-corrected chi connectivity index (χ2v) is 7.81. The summed E-state index contributed by atoms with van der Waals surface area (Å²) in [4.78, 5) is 26.8. The van der Waals surface area contributed by atoms with Crippen LogP contribution in [-0.4, -0.2) is 50.6 Å². The maximum atomic E-state index is 12.7. The van der Waals surface area contributed by atoms with Gasteiger partial charge < -0.3 is 14.6 Å². The largest absolute Gasteiger partial charge is 0.459 e. The van der Waals surface area contributed by atoms with Gasteiger partial charge in [-0.15, -0.1) is 0 Å². The Kier molecular flexibility index (Phi) is 5.80. The Morgan fingerprint density at radius 2 is 2.07 bits per heavy atom. The van der Waals surface area contributed by atoms with E-state index in [2.05, 4.69) is 15.5 Å². The van der Waals surface area contributed by atoms with Gasteiger partial charge in [0.05, 0.1) is 6.26 Å². The zero-order valence-electron chi connectivity index (χ0n) is 16.6. The SMILES string of the molecule is Cc1cccc(-c2n[nH]c(=S)n2CC(=O)NC2CCN(C(=O)c3ccco3)CC2)c1. The van der Waals surface area contributed by atoms with E-state index in [1.807, 2.05) is 31.2 Å². The highest BCUT2D eigenvalue weighted by Crippen LogP contribution is 2.19. The van der Waals surface area contributed by atoms with E-state index in [9.17, 15) is 9.59 Å². The topological polar surface area (TPSA) is 96.2 Å². The van der Waals surface area contributed by atoms with Gasteiger partial charge in [-0.25, -0.2) is 0 Å². The fourth-order valence-corrected chi connectivity index (χ4v) is 3.87. The molecule has 0 atom stereocenters. The van der Waals surface area contributed by atoms with Gasteiger partial charge in [-0.1, -0.05) is 23.8 Å². The minimum Gasteiger partial charge on any atom is -0.459 e. The molecule has 3 aromatic rings. The summed E-state index contributed by atoms with van der Waals surface area (Å²) >= 11 is 5.32. The lowest BCUT2D eigenvalue weighted by atomic mass is 10.0. The van der Waals surface area contributed by atoms with E-state index in [0.717, 1.165) is 11.1 Å². The van der Waals surface area contributed by atoms with Crippen LogP contribution in [0.3, 0.4) is 0 Å². The van der Waals surface area contributed by atoms with E-state index in [0.29, 0.717) is 42.3 Å². The van der Waals surface area contributed by atoms with Crippen LogP contribution in [0.2, 0.25) is 0 Å². The van der Waals surface area contributed by atoms with E-state index in [4.69, 9.17) is 16.6 Å². The number of piperidine rings is 1. The van der Waals surface area contributed by atoms with Gasteiger partial charge in [-0.2, -0.15) is 5.10 Å². The van der Waals surface area contributed by atoms with Crippen molar-refractivity contribution in [2.75, 3.05) is 13.1 Å². The quantitative estimate of drug-likeness (QED) is 0.613. The standard InChI is InChI=1S/C21H23N5O3S/c1-14-4-2-5-15(12-14)19-23-24-21(30)26(19)13-18(27)22-16-7-9-25(10-8-16)20(28)17-6-3-11-29-17/h2-6,11-12,16H,7-10,13H2,1H3,(H,22,27)(H,24,30). The van der Waals surface area contributed by atoms with Crippen molar-refractivity contribution in [1.82, 2.24) is 25.0 Å². The second-order valence-electron chi connectivity index (χ2n) is 7.42. The third kappa shape index (κ3) is 4.35. The van der Waals surface area contributed by atoms with E-state index in [1.165, 1.54) is 6.26 Å². The van der Waals surface area contributed by atoms with Gasteiger partial charge in [0.2, 0.25) is 5.91 Å². The smallest absolute Gasteiger partial charge is 0.289 e. The first-order valence-corrected chi connectivity index (χ1v) is 10.3. The summed E-state index contributed by atoms with van der Waals surface area (Å²) in [5.74, 6) is 0.739. The van der Waals surface area contributed by atoms with Crippen LogP contribution in [0.15, 0.2) is 47.1 Å². The summed E-state index contributed by atoms with van der Waals surface area (Å²) in [5.41, 5.74) is 2.01. The Balaban J connectivity index is 1.36. The van der Waals surface area contributed by atoms with Crippen LogP contribution >= 0.6 is 12.2 Å². The first kappa shape index (κ1) is 20.1. The Morgan fingerprint density at radius 1 is 1.27 bits per heavy atom. The number of likely N-dealkylation sites (tertiary alicyclic amines) is 1. The lowest BCUT2D eigenvalue weighted by Gasteiger charge is -2.31. The second kappa shape index (κ2) is 8.66. The van der Waals surface area contributed by atoms with Gasteiger partial charge in [0, 0.05) is 24.7 Å². The number of nitrogens with zero attached hydrogens (tertiary/aromatic N) is 3. The Bertz CT molecular complexity index is 1090. The molecule has 2 amide bonds. The maximum Gasteiger partial charge on any atom is 0.289 e. The molecule has 1 aliphatic heterocycles. The third-order valence-electron chi connectivity index (χ3n) is 5.22. The summed E-state index contributed by atoms with van der Waals surface area (Å²) in [6, 6.07) is 11.3. The fraction of sp³-hybridized carbons (Fsp3) is 0.333. The number of carbonyl (C=O) groups is 2. The van der Waals surface area contributed by atoms with Gasteiger partial charge >= 0.3 is 0 Å². The molecule has 3 heterocycles. The van der Waals surface area contributed by atoms with Crippen LogP contribution in [0, 0.1) is 11.7 Å². The molecule has 0 aliphatic carbocycles. The maximum absolute atomic E-state index is 12.7. The number of aromatic amines is 1. The molecular formula is C21H23N5O3S. The first-order chi connectivity index (χ1) is 14.5. The van der Waals surface area contributed by atoms with Gasteiger partial charge in [-0.3, -0.25) is 19.3 Å². The van der Waals surface area contributed by atoms with E-state index in [1.54, 1.807) is 21.6 Å². The molecule has 1 aromatic carbocycles.